The Morgan fingerprint density at radius 2 is 1.97 bits per heavy atom. The summed E-state index contributed by atoms with van der Waals surface area (Å²) in [5.41, 5.74) is 0.642. The second kappa shape index (κ2) is 8.42. The highest BCUT2D eigenvalue weighted by Gasteiger charge is 2.18. The Hall–Kier alpha value is -3.88. The van der Waals surface area contributed by atoms with Crippen molar-refractivity contribution in [3.63, 3.8) is 0 Å². The zero-order valence-corrected chi connectivity index (χ0v) is 15.2. The van der Waals surface area contributed by atoms with Crippen molar-refractivity contribution in [2.75, 3.05) is 12.4 Å². The van der Waals surface area contributed by atoms with Crippen LogP contribution in [0.1, 0.15) is 5.56 Å². The van der Waals surface area contributed by atoms with E-state index in [9.17, 15) is 23.7 Å². The predicted octanol–water partition coefficient (Wildman–Crippen LogP) is 4.12. The molecule has 3 aromatic rings. The maximum absolute atomic E-state index is 13.7. The Balaban J connectivity index is 1.83. The summed E-state index contributed by atoms with van der Waals surface area (Å²) in [5.74, 6) is -1.65. The van der Waals surface area contributed by atoms with Crippen LogP contribution in [0.15, 0.2) is 54.7 Å². The van der Waals surface area contributed by atoms with Gasteiger partial charge in [0.15, 0.2) is 0 Å². The highest BCUT2D eigenvalue weighted by atomic mass is 19.1. The third-order valence-corrected chi connectivity index (χ3v) is 4.11. The summed E-state index contributed by atoms with van der Waals surface area (Å²) in [6.07, 6.45) is 1.07. The van der Waals surface area contributed by atoms with Crippen LogP contribution in [0.4, 0.5) is 20.3 Å². The van der Waals surface area contributed by atoms with E-state index in [4.69, 9.17) is 4.74 Å². The van der Waals surface area contributed by atoms with Gasteiger partial charge in [-0.2, -0.15) is 0 Å². The molecule has 0 saturated heterocycles. The number of nitro benzene ring substituents is 1. The van der Waals surface area contributed by atoms with Gasteiger partial charge in [-0.3, -0.25) is 14.9 Å². The molecular weight excluding hydrogens is 384 g/mol. The zero-order chi connectivity index (χ0) is 21.0. The van der Waals surface area contributed by atoms with Crippen molar-refractivity contribution < 1.29 is 23.2 Å². The van der Waals surface area contributed by atoms with Crippen molar-refractivity contribution in [1.29, 1.82) is 0 Å². The molecule has 0 fully saturated rings. The van der Waals surface area contributed by atoms with E-state index in [1.165, 1.54) is 37.6 Å². The van der Waals surface area contributed by atoms with Crippen LogP contribution in [0.3, 0.4) is 0 Å². The molecule has 1 N–H and O–H groups in total. The van der Waals surface area contributed by atoms with Gasteiger partial charge in [-0.05, 0) is 41.5 Å². The minimum Gasteiger partial charge on any atom is -0.497 e. The summed E-state index contributed by atoms with van der Waals surface area (Å²) >= 11 is 0. The molecule has 3 rings (SSSR count). The average Bonchev–Trinajstić information content (AvgIpc) is 2.69. The van der Waals surface area contributed by atoms with Gasteiger partial charge in [-0.15, -0.1) is 0 Å². The lowest BCUT2D eigenvalue weighted by molar-refractivity contribution is -0.384. The summed E-state index contributed by atoms with van der Waals surface area (Å²) in [4.78, 5) is 27.1. The minimum atomic E-state index is -0.823. The van der Waals surface area contributed by atoms with Gasteiger partial charge in [0, 0.05) is 12.3 Å². The number of anilines is 1. The fraction of sp³-hybridized carbons (Fsp3) is 0.100. The first-order valence-electron chi connectivity index (χ1n) is 8.40. The molecule has 1 aromatic heterocycles. The van der Waals surface area contributed by atoms with Crippen molar-refractivity contribution in [3.8, 4) is 16.9 Å². The molecule has 1 heterocycles. The second-order valence-electron chi connectivity index (χ2n) is 6.03. The number of nitrogens with one attached hydrogen (secondary N) is 1. The van der Waals surface area contributed by atoms with Gasteiger partial charge >= 0.3 is 0 Å². The molecule has 0 bridgehead atoms. The molecule has 9 heteroatoms. The Morgan fingerprint density at radius 3 is 2.66 bits per heavy atom. The van der Waals surface area contributed by atoms with Crippen LogP contribution in [-0.2, 0) is 11.2 Å². The third kappa shape index (κ3) is 4.70. The standard InChI is InChI=1S/C20H15F2N3O4/c1-29-15-4-5-16(18(11-15)25(27)28)12-6-7-23-19(8-12)24-20(26)9-13-2-3-14(21)10-17(13)22/h2-8,10-11H,9H2,1H3,(H,23,24,26). The molecule has 29 heavy (non-hydrogen) atoms. The number of nitrogens with zero attached hydrogens (tertiary/aromatic N) is 2. The number of aromatic nitrogens is 1. The SMILES string of the molecule is COc1ccc(-c2ccnc(NC(=O)Cc3ccc(F)cc3F)c2)c([N+](=O)[O-])c1. The van der Waals surface area contributed by atoms with Crippen LogP contribution in [0.2, 0.25) is 0 Å². The Morgan fingerprint density at radius 1 is 1.17 bits per heavy atom. The number of ether oxygens (including phenoxy) is 1. The van der Waals surface area contributed by atoms with E-state index in [-0.39, 0.29) is 23.5 Å². The van der Waals surface area contributed by atoms with Crippen molar-refractivity contribution in [3.05, 3.63) is 82.0 Å². The molecule has 0 radical (unpaired) electrons. The fourth-order valence-corrected chi connectivity index (χ4v) is 2.73. The summed E-state index contributed by atoms with van der Waals surface area (Å²) < 4.78 is 31.7. The topological polar surface area (TPSA) is 94.4 Å². The molecule has 148 valence electrons. The van der Waals surface area contributed by atoms with Crippen LogP contribution in [0.5, 0.6) is 5.75 Å². The summed E-state index contributed by atoms with van der Waals surface area (Å²) in [5, 5.41) is 13.9. The van der Waals surface area contributed by atoms with E-state index in [0.29, 0.717) is 22.9 Å². The van der Waals surface area contributed by atoms with Gasteiger partial charge < -0.3 is 10.1 Å². The predicted molar refractivity (Wildman–Crippen MR) is 102 cm³/mol. The van der Waals surface area contributed by atoms with Gasteiger partial charge in [-0.25, -0.2) is 13.8 Å². The Kier molecular flexibility index (Phi) is 5.77. The number of halogens is 2. The summed E-state index contributed by atoms with van der Waals surface area (Å²) in [7, 11) is 1.41. The van der Waals surface area contributed by atoms with Crippen LogP contribution in [0, 0.1) is 21.7 Å². The Labute approximate surface area is 164 Å². The van der Waals surface area contributed by atoms with Gasteiger partial charge in [0.05, 0.1) is 30.1 Å². The number of hydrogen-bond acceptors (Lipinski definition) is 5. The minimum absolute atomic E-state index is 0.0332. The number of hydrogen-bond donors (Lipinski definition) is 1. The number of benzene rings is 2. The first-order chi connectivity index (χ1) is 13.9. The third-order valence-electron chi connectivity index (χ3n) is 4.11. The molecule has 0 aliphatic carbocycles. The lowest BCUT2D eigenvalue weighted by Gasteiger charge is -2.09. The number of carbonyl (C=O) groups is 1. The van der Waals surface area contributed by atoms with Crippen LogP contribution in [0.25, 0.3) is 11.1 Å². The number of carbonyl (C=O) groups excluding carboxylic acids is 1. The van der Waals surface area contributed by atoms with E-state index in [1.807, 2.05) is 0 Å². The van der Waals surface area contributed by atoms with Gasteiger partial charge in [0.25, 0.3) is 5.69 Å². The summed E-state index contributed by atoms with van der Waals surface area (Å²) in [6.45, 7) is 0. The van der Waals surface area contributed by atoms with E-state index >= 15 is 0 Å². The molecule has 0 saturated carbocycles. The Bertz CT molecular complexity index is 1090. The first kappa shape index (κ1) is 19.9. The maximum atomic E-state index is 13.7. The molecule has 0 spiro atoms. The van der Waals surface area contributed by atoms with Gasteiger partial charge in [0.1, 0.15) is 23.2 Å². The van der Waals surface area contributed by atoms with Crippen molar-refractivity contribution in [2.45, 2.75) is 6.42 Å². The normalized spacial score (nSPS) is 10.4. The highest BCUT2D eigenvalue weighted by molar-refractivity contribution is 5.92. The number of methoxy groups -OCH3 is 1. The number of pyridine rings is 1. The monoisotopic (exact) mass is 399 g/mol. The van der Waals surface area contributed by atoms with E-state index < -0.39 is 22.5 Å². The molecular formula is C20H15F2N3O4. The number of rotatable bonds is 6. The van der Waals surface area contributed by atoms with Crippen LogP contribution in [-0.4, -0.2) is 22.9 Å². The van der Waals surface area contributed by atoms with Crippen LogP contribution >= 0.6 is 0 Å². The first-order valence-corrected chi connectivity index (χ1v) is 8.40. The molecule has 0 aliphatic rings. The van der Waals surface area contributed by atoms with Gasteiger partial charge in [0.2, 0.25) is 5.91 Å². The molecule has 0 unspecified atom stereocenters. The van der Waals surface area contributed by atoms with E-state index in [1.54, 1.807) is 12.1 Å². The van der Waals surface area contributed by atoms with Crippen molar-refractivity contribution in [1.82, 2.24) is 4.98 Å². The molecule has 0 atom stereocenters. The molecule has 7 nitrogen and oxygen atoms in total. The fourth-order valence-electron chi connectivity index (χ4n) is 2.73. The number of nitro groups is 1. The van der Waals surface area contributed by atoms with Gasteiger partial charge in [-0.1, -0.05) is 6.07 Å². The van der Waals surface area contributed by atoms with Crippen molar-refractivity contribution >= 4 is 17.4 Å². The summed E-state index contributed by atoms with van der Waals surface area (Å²) in [6, 6.07) is 10.4. The lowest BCUT2D eigenvalue weighted by Crippen LogP contribution is -2.16. The largest absolute Gasteiger partial charge is 0.497 e. The average molecular weight is 399 g/mol. The lowest BCUT2D eigenvalue weighted by atomic mass is 10.0. The van der Waals surface area contributed by atoms with Crippen LogP contribution < -0.4 is 10.1 Å². The smallest absolute Gasteiger partial charge is 0.280 e. The number of amides is 1. The van der Waals surface area contributed by atoms with Crippen molar-refractivity contribution in [2.24, 2.45) is 0 Å². The molecule has 0 aliphatic heterocycles. The second-order valence-corrected chi connectivity index (χ2v) is 6.03. The van der Waals surface area contributed by atoms with E-state index in [2.05, 4.69) is 10.3 Å². The maximum Gasteiger partial charge on any atom is 0.280 e. The highest BCUT2D eigenvalue weighted by Crippen LogP contribution is 2.33. The molecule has 2 aromatic carbocycles. The zero-order valence-electron chi connectivity index (χ0n) is 15.2. The van der Waals surface area contributed by atoms with E-state index in [0.717, 1.165) is 6.07 Å². The molecule has 1 amide bonds. The quantitative estimate of drug-likeness (QED) is 0.497.